The molecule has 5 heteroatoms. The fraction of sp³-hybridized carbons (Fsp3) is 0.643. The third-order valence-corrected chi connectivity index (χ3v) is 3.15. The third kappa shape index (κ3) is 5.76. The molecule has 108 valence electrons. The molecular formula is C14H24ClN3O. The van der Waals surface area contributed by atoms with Crippen LogP contribution in [0.25, 0.3) is 0 Å². The fourth-order valence-corrected chi connectivity index (χ4v) is 1.82. The van der Waals surface area contributed by atoms with Gasteiger partial charge in [0.2, 0.25) is 0 Å². The molecule has 1 aromatic rings. The zero-order chi connectivity index (χ0) is 14.3. The van der Waals surface area contributed by atoms with Crippen molar-refractivity contribution in [3.05, 3.63) is 22.8 Å². The molecule has 0 fully saturated rings. The number of halogens is 1. The van der Waals surface area contributed by atoms with Crippen LogP contribution in [-0.2, 0) is 11.3 Å². The molecule has 1 heterocycles. The minimum Gasteiger partial charge on any atom is -0.383 e. The molecular weight excluding hydrogens is 262 g/mol. The molecule has 1 N–H and O–H groups in total. The Labute approximate surface area is 121 Å². The Morgan fingerprint density at radius 2 is 2.21 bits per heavy atom. The summed E-state index contributed by atoms with van der Waals surface area (Å²) < 4.78 is 5.07. The molecule has 0 bridgehead atoms. The first-order chi connectivity index (χ1) is 9.04. The second kappa shape index (κ2) is 8.35. The van der Waals surface area contributed by atoms with Gasteiger partial charge in [0.25, 0.3) is 0 Å². The Morgan fingerprint density at radius 3 is 2.84 bits per heavy atom. The summed E-state index contributed by atoms with van der Waals surface area (Å²) in [5, 5.41) is 4.10. The van der Waals surface area contributed by atoms with E-state index < -0.39 is 0 Å². The lowest BCUT2D eigenvalue weighted by atomic mass is 10.2. The van der Waals surface area contributed by atoms with Crippen LogP contribution >= 0.6 is 11.6 Å². The van der Waals surface area contributed by atoms with Crippen molar-refractivity contribution in [2.24, 2.45) is 5.92 Å². The summed E-state index contributed by atoms with van der Waals surface area (Å²) in [6, 6.07) is 2.03. The first-order valence-corrected chi connectivity index (χ1v) is 6.97. The van der Waals surface area contributed by atoms with Gasteiger partial charge in [-0.2, -0.15) is 0 Å². The number of ether oxygens (including phenoxy) is 1. The van der Waals surface area contributed by atoms with Gasteiger partial charge in [0.1, 0.15) is 5.82 Å². The number of aromatic nitrogens is 1. The molecule has 0 saturated carbocycles. The SMILES string of the molecule is COCCN(C)c1cc(CNCC(C)C)c(Cl)cn1. The highest BCUT2D eigenvalue weighted by Gasteiger charge is 2.07. The smallest absolute Gasteiger partial charge is 0.128 e. The number of hydrogen-bond acceptors (Lipinski definition) is 4. The summed E-state index contributed by atoms with van der Waals surface area (Å²) in [7, 11) is 3.70. The predicted molar refractivity (Wildman–Crippen MR) is 80.9 cm³/mol. The van der Waals surface area contributed by atoms with E-state index in [1.54, 1.807) is 13.3 Å². The van der Waals surface area contributed by atoms with Gasteiger partial charge in [0.15, 0.2) is 0 Å². The molecule has 0 aliphatic carbocycles. The van der Waals surface area contributed by atoms with Crippen LogP contribution in [0.15, 0.2) is 12.3 Å². The highest BCUT2D eigenvalue weighted by atomic mass is 35.5. The van der Waals surface area contributed by atoms with Crippen molar-refractivity contribution < 1.29 is 4.74 Å². The highest BCUT2D eigenvalue weighted by molar-refractivity contribution is 6.31. The Morgan fingerprint density at radius 1 is 1.47 bits per heavy atom. The molecule has 0 aliphatic heterocycles. The maximum Gasteiger partial charge on any atom is 0.128 e. The first kappa shape index (κ1) is 16.2. The van der Waals surface area contributed by atoms with Crippen molar-refractivity contribution in [2.45, 2.75) is 20.4 Å². The summed E-state index contributed by atoms with van der Waals surface area (Å²) in [6.07, 6.45) is 1.71. The molecule has 0 amide bonds. The topological polar surface area (TPSA) is 37.4 Å². The van der Waals surface area contributed by atoms with Crippen LogP contribution < -0.4 is 10.2 Å². The quantitative estimate of drug-likeness (QED) is 0.797. The van der Waals surface area contributed by atoms with Crippen molar-refractivity contribution in [3.8, 4) is 0 Å². The molecule has 1 aromatic heterocycles. The number of anilines is 1. The standard InChI is InChI=1S/C14H24ClN3O/c1-11(2)8-16-9-12-7-14(17-10-13(12)15)18(3)5-6-19-4/h7,10-11,16H,5-6,8-9H2,1-4H3. The molecule has 0 aromatic carbocycles. The summed E-state index contributed by atoms with van der Waals surface area (Å²) in [5.41, 5.74) is 1.08. The van der Waals surface area contributed by atoms with Crippen molar-refractivity contribution in [1.29, 1.82) is 0 Å². The van der Waals surface area contributed by atoms with E-state index in [4.69, 9.17) is 16.3 Å². The molecule has 0 aliphatic rings. The molecule has 0 radical (unpaired) electrons. The van der Waals surface area contributed by atoms with E-state index in [1.807, 2.05) is 13.1 Å². The fourth-order valence-electron chi connectivity index (χ4n) is 1.65. The number of pyridine rings is 1. The second-order valence-electron chi connectivity index (χ2n) is 5.07. The van der Waals surface area contributed by atoms with Crippen LogP contribution in [0.2, 0.25) is 5.02 Å². The van der Waals surface area contributed by atoms with Gasteiger partial charge >= 0.3 is 0 Å². The van der Waals surface area contributed by atoms with Gasteiger partial charge in [0, 0.05) is 33.4 Å². The summed E-state index contributed by atoms with van der Waals surface area (Å²) in [4.78, 5) is 6.41. The molecule has 0 unspecified atom stereocenters. The van der Waals surface area contributed by atoms with Crippen molar-refractivity contribution >= 4 is 17.4 Å². The molecule has 0 spiro atoms. The highest BCUT2D eigenvalue weighted by Crippen LogP contribution is 2.19. The molecule has 4 nitrogen and oxygen atoms in total. The largest absolute Gasteiger partial charge is 0.383 e. The van der Waals surface area contributed by atoms with Gasteiger partial charge in [-0.3, -0.25) is 0 Å². The minimum absolute atomic E-state index is 0.629. The van der Waals surface area contributed by atoms with E-state index in [1.165, 1.54) is 0 Å². The van der Waals surface area contributed by atoms with Gasteiger partial charge in [-0.15, -0.1) is 0 Å². The van der Waals surface area contributed by atoms with E-state index in [-0.39, 0.29) is 0 Å². The second-order valence-corrected chi connectivity index (χ2v) is 5.48. The first-order valence-electron chi connectivity index (χ1n) is 6.59. The number of likely N-dealkylation sites (N-methyl/N-ethyl adjacent to an activating group) is 1. The lowest BCUT2D eigenvalue weighted by Crippen LogP contribution is -2.24. The van der Waals surface area contributed by atoms with Crippen molar-refractivity contribution in [1.82, 2.24) is 10.3 Å². The Bertz CT molecular complexity index is 385. The molecule has 0 saturated heterocycles. The van der Waals surface area contributed by atoms with Crippen LogP contribution in [-0.4, -0.2) is 38.8 Å². The van der Waals surface area contributed by atoms with Gasteiger partial charge in [0.05, 0.1) is 11.6 Å². The van der Waals surface area contributed by atoms with E-state index >= 15 is 0 Å². The predicted octanol–water partition coefficient (Wildman–Crippen LogP) is 2.56. The zero-order valence-electron chi connectivity index (χ0n) is 12.2. The lowest BCUT2D eigenvalue weighted by molar-refractivity contribution is 0.206. The minimum atomic E-state index is 0.629. The maximum atomic E-state index is 6.17. The Hall–Kier alpha value is -0.840. The number of nitrogens with zero attached hydrogens (tertiary/aromatic N) is 2. The average molecular weight is 286 g/mol. The van der Waals surface area contributed by atoms with E-state index in [0.717, 1.165) is 31.0 Å². The van der Waals surface area contributed by atoms with E-state index in [2.05, 4.69) is 29.0 Å². The van der Waals surface area contributed by atoms with Crippen LogP contribution in [0, 0.1) is 5.92 Å². The number of methoxy groups -OCH3 is 1. The zero-order valence-corrected chi connectivity index (χ0v) is 13.0. The molecule has 0 atom stereocenters. The van der Waals surface area contributed by atoms with Crippen LogP contribution in [0.3, 0.4) is 0 Å². The summed E-state index contributed by atoms with van der Waals surface area (Å²) >= 11 is 6.17. The number of rotatable bonds is 8. The molecule has 19 heavy (non-hydrogen) atoms. The van der Waals surface area contributed by atoms with Gasteiger partial charge in [-0.05, 0) is 24.1 Å². The van der Waals surface area contributed by atoms with E-state index in [0.29, 0.717) is 17.5 Å². The average Bonchev–Trinajstić information content (AvgIpc) is 2.37. The molecule has 1 rings (SSSR count). The number of nitrogens with one attached hydrogen (secondary N) is 1. The van der Waals surface area contributed by atoms with Crippen LogP contribution in [0.1, 0.15) is 19.4 Å². The van der Waals surface area contributed by atoms with Crippen molar-refractivity contribution in [3.63, 3.8) is 0 Å². The summed E-state index contributed by atoms with van der Waals surface area (Å²) in [5.74, 6) is 1.55. The van der Waals surface area contributed by atoms with Crippen molar-refractivity contribution in [2.75, 3.05) is 38.8 Å². The Kier molecular flexibility index (Phi) is 7.13. The van der Waals surface area contributed by atoms with E-state index in [9.17, 15) is 0 Å². The maximum absolute atomic E-state index is 6.17. The van der Waals surface area contributed by atoms with Gasteiger partial charge in [-0.1, -0.05) is 25.4 Å². The monoisotopic (exact) mass is 285 g/mol. The van der Waals surface area contributed by atoms with Gasteiger partial charge < -0.3 is 15.0 Å². The van der Waals surface area contributed by atoms with Crippen LogP contribution in [0.5, 0.6) is 0 Å². The number of hydrogen-bond donors (Lipinski definition) is 1. The normalized spacial score (nSPS) is 11.1. The van der Waals surface area contributed by atoms with Gasteiger partial charge in [-0.25, -0.2) is 4.98 Å². The Balaban J connectivity index is 2.65. The van der Waals surface area contributed by atoms with Crippen LogP contribution in [0.4, 0.5) is 5.82 Å². The third-order valence-electron chi connectivity index (χ3n) is 2.81. The lowest BCUT2D eigenvalue weighted by Gasteiger charge is -2.19. The summed E-state index contributed by atoms with van der Waals surface area (Å²) in [6.45, 7) is 7.61.